The van der Waals surface area contributed by atoms with Crippen LogP contribution in [-0.4, -0.2) is 12.4 Å². The van der Waals surface area contributed by atoms with Crippen molar-refractivity contribution in [1.82, 2.24) is 0 Å². The molecule has 0 fully saturated rings. The first kappa shape index (κ1) is 11.8. The molecule has 15 heavy (non-hydrogen) atoms. The van der Waals surface area contributed by atoms with Gasteiger partial charge in [0.25, 0.3) is 0 Å². The van der Waals surface area contributed by atoms with Gasteiger partial charge in [0.05, 0.1) is 0 Å². The molecule has 0 bridgehead atoms. The van der Waals surface area contributed by atoms with Crippen LogP contribution in [0.15, 0.2) is 35.3 Å². The van der Waals surface area contributed by atoms with Crippen LogP contribution in [0.3, 0.4) is 0 Å². The lowest BCUT2D eigenvalue weighted by Gasteiger charge is -2.24. The first-order valence-electron chi connectivity index (χ1n) is 5.45. The van der Waals surface area contributed by atoms with E-state index in [1.807, 2.05) is 18.2 Å². The third kappa shape index (κ3) is 2.82. The predicted molar refractivity (Wildman–Crippen MR) is 66.2 cm³/mol. The van der Waals surface area contributed by atoms with Crippen molar-refractivity contribution < 1.29 is 0 Å². The molecule has 0 spiro atoms. The molecular weight excluding hydrogens is 184 g/mol. The fourth-order valence-electron chi connectivity index (χ4n) is 1.43. The first-order chi connectivity index (χ1) is 7.09. The van der Waals surface area contributed by atoms with E-state index >= 15 is 0 Å². The standard InChI is InChI=1S/C13H20N2/c1-4-10-15-12(14)13(2,3)11-8-6-5-7-9-11/h5-9H,4,10H2,1-3H3,(H2,14,15). The molecule has 0 atom stereocenters. The van der Waals surface area contributed by atoms with Gasteiger partial charge in [-0.05, 0) is 25.8 Å². The number of hydrogen-bond donors (Lipinski definition) is 1. The van der Waals surface area contributed by atoms with Gasteiger partial charge in [-0.2, -0.15) is 0 Å². The average Bonchev–Trinajstić information content (AvgIpc) is 2.27. The van der Waals surface area contributed by atoms with Gasteiger partial charge in [-0.15, -0.1) is 0 Å². The lowest BCUT2D eigenvalue weighted by molar-refractivity contribution is 0.701. The van der Waals surface area contributed by atoms with E-state index in [9.17, 15) is 0 Å². The number of benzene rings is 1. The van der Waals surface area contributed by atoms with Crippen LogP contribution in [0.1, 0.15) is 32.8 Å². The highest BCUT2D eigenvalue weighted by Gasteiger charge is 2.24. The van der Waals surface area contributed by atoms with Crippen LogP contribution in [0.2, 0.25) is 0 Å². The minimum atomic E-state index is -0.170. The summed E-state index contributed by atoms with van der Waals surface area (Å²) in [6.07, 6.45) is 1.03. The van der Waals surface area contributed by atoms with Gasteiger partial charge in [-0.25, -0.2) is 0 Å². The SMILES string of the molecule is CCCN=C(N)C(C)(C)c1ccccc1. The summed E-state index contributed by atoms with van der Waals surface area (Å²) < 4.78 is 0. The molecule has 2 heteroatoms. The number of nitrogens with zero attached hydrogens (tertiary/aromatic N) is 1. The van der Waals surface area contributed by atoms with Gasteiger partial charge in [0.1, 0.15) is 5.84 Å². The Kier molecular flexibility index (Phi) is 3.89. The molecule has 0 aliphatic carbocycles. The van der Waals surface area contributed by atoms with Crippen LogP contribution in [0, 0.1) is 0 Å². The van der Waals surface area contributed by atoms with Crippen molar-refractivity contribution in [3.63, 3.8) is 0 Å². The second-order valence-corrected chi connectivity index (χ2v) is 4.26. The summed E-state index contributed by atoms with van der Waals surface area (Å²) in [5.41, 5.74) is 7.06. The third-order valence-electron chi connectivity index (χ3n) is 2.64. The Balaban J connectivity index is 2.92. The molecule has 0 unspecified atom stereocenters. The van der Waals surface area contributed by atoms with Gasteiger partial charge in [0.15, 0.2) is 0 Å². The Morgan fingerprint density at radius 2 is 1.87 bits per heavy atom. The summed E-state index contributed by atoms with van der Waals surface area (Å²) in [7, 11) is 0. The van der Waals surface area contributed by atoms with Gasteiger partial charge >= 0.3 is 0 Å². The Morgan fingerprint density at radius 1 is 1.27 bits per heavy atom. The maximum atomic E-state index is 6.02. The van der Waals surface area contributed by atoms with Crippen LogP contribution < -0.4 is 5.73 Å². The van der Waals surface area contributed by atoms with E-state index < -0.39 is 0 Å². The normalized spacial score (nSPS) is 12.9. The van der Waals surface area contributed by atoms with Gasteiger partial charge < -0.3 is 5.73 Å². The number of hydrogen-bond acceptors (Lipinski definition) is 1. The molecule has 0 aliphatic heterocycles. The summed E-state index contributed by atoms with van der Waals surface area (Å²) >= 11 is 0. The fraction of sp³-hybridized carbons (Fsp3) is 0.462. The highest BCUT2D eigenvalue weighted by Crippen LogP contribution is 2.22. The Morgan fingerprint density at radius 3 is 2.40 bits per heavy atom. The first-order valence-corrected chi connectivity index (χ1v) is 5.45. The molecule has 0 aromatic heterocycles. The Hall–Kier alpha value is -1.31. The smallest absolute Gasteiger partial charge is 0.104 e. The predicted octanol–water partition coefficient (Wildman–Crippen LogP) is 2.73. The van der Waals surface area contributed by atoms with E-state index in [-0.39, 0.29) is 5.41 Å². The van der Waals surface area contributed by atoms with Gasteiger partial charge in [0, 0.05) is 12.0 Å². The van der Waals surface area contributed by atoms with Gasteiger partial charge in [-0.3, -0.25) is 4.99 Å². The molecule has 1 rings (SSSR count). The number of amidine groups is 1. The zero-order valence-electron chi connectivity index (χ0n) is 9.83. The number of aliphatic imine (C=N–C) groups is 1. The Bertz CT molecular complexity index is 326. The zero-order chi connectivity index (χ0) is 11.3. The van der Waals surface area contributed by atoms with Crippen molar-refractivity contribution in [3.8, 4) is 0 Å². The maximum absolute atomic E-state index is 6.02. The fourth-order valence-corrected chi connectivity index (χ4v) is 1.43. The molecule has 82 valence electrons. The molecule has 0 amide bonds. The molecule has 0 aliphatic rings. The van der Waals surface area contributed by atoms with Crippen molar-refractivity contribution >= 4 is 5.84 Å². The maximum Gasteiger partial charge on any atom is 0.104 e. The van der Waals surface area contributed by atoms with E-state index in [4.69, 9.17) is 5.73 Å². The van der Waals surface area contributed by atoms with E-state index in [0.717, 1.165) is 18.8 Å². The summed E-state index contributed by atoms with van der Waals surface area (Å²) in [5.74, 6) is 0.718. The van der Waals surface area contributed by atoms with Crippen molar-refractivity contribution in [1.29, 1.82) is 0 Å². The largest absolute Gasteiger partial charge is 0.387 e. The van der Waals surface area contributed by atoms with Crippen molar-refractivity contribution in [2.45, 2.75) is 32.6 Å². The topological polar surface area (TPSA) is 38.4 Å². The van der Waals surface area contributed by atoms with Crippen molar-refractivity contribution in [3.05, 3.63) is 35.9 Å². The number of nitrogens with two attached hydrogens (primary N) is 1. The summed E-state index contributed by atoms with van der Waals surface area (Å²) in [4.78, 5) is 4.39. The van der Waals surface area contributed by atoms with Gasteiger partial charge in [0.2, 0.25) is 0 Å². The van der Waals surface area contributed by atoms with E-state index in [1.54, 1.807) is 0 Å². The average molecular weight is 204 g/mol. The highest BCUT2D eigenvalue weighted by atomic mass is 14.9. The molecule has 0 saturated heterocycles. The van der Waals surface area contributed by atoms with Gasteiger partial charge in [-0.1, -0.05) is 37.3 Å². The molecule has 0 radical (unpaired) electrons. The van der Waals surface area contributed by atoms with Crippen LogP contribution in [0.4, 0.5) is 0 Å². The highest BCUT2D eigenvalue weighted by molar-refractivity contribution is 5.90. The molecule has 0 heterocycles. The van der Waals surface area contributed by atoms with Crippen LogP contribution in [0.5, 0.6) is 0 Å². The van der Waals surface area contributed by atoms with Crippen molar-refractivity contribution in [2.24, 2.45) is 10.7 Å². The molecular formula is C13H20N2. The monoisotopic (exact) mass is 204 g/mol. The Labute approximate surface area is 92.2 Å². The zero-order valence-corrected chi connectivity index (χ0v) is 9.83. The molecule has 0 saturated carbocycles. The van der Waals surface area contributed by atoms with Crippen LogP contribution in [-0.2, 0) is 5.41 Å². The molecule has 2 nitrogen and oxygen atoms in total. The summed E-state index contributed by atoms with van der Waals surface area (Å²) in [6.45, 7) is 7.13. The third-order valence-corrected chi connectivity index (χ3v) is 2.64. The van der Waals surface area contributed by atoms with Crippen molar-refractivity contribution in [2.75, 3.05) is 6.54 Å². The molecule has 1 aromatic rings. The second kappa shape index (κ2) is 4.96. The minimum absolute atomic E-state index is 0.170. The van der Waals surface area contributed by atoms with Crippen LogP contribution in [0.25, 0.3) is 0 Å². The van der Waals surface area contributed by atoms with Crippen LogP contribution >= 0.6 is 0 Å². The minimum Gasteiger partial charge on any atom is -0.387 e. The summed E-state index contributed by atoms with van der Waals surface area (Å²) in [6, 6.07) is 10.3. The molecule has 1 aromatic carbocycles. The quantitative estimate of drug-likeness (QED) is 0.594. The van der Waals surface area contributed by atoms with E-state index in [0.29, 0.717) is 0 Å². The second-order valence-electron chi connectivity index (χ2n) is 4.26. The van der Waals surface area contributed by atoms with E-state index in [2.05, 4.69) is 37.9 Å². The molecule has 2 N–H and O–H groups in total. The summed E-state index contributed by atoms with van der Waals surface area (Å²) in [5, 5.41) is 0. The van der Waals surface area contributed by atoms with E-state index in [1.165, 1.54) is 5.56 Å². The lowest BCUT2D eigenvalue weighted by atomic mass is 9.83. The number of rotatable bonds is 4. The lowest BCUT2D eigenvalue weighted by Crippen LogP contribution is -2.36.